The van der Waals surface area contributed by atoms with Crippen LogP contribution < -0.4 is 53.0 Å². The Kier molecular flexibility index (Phi) is 22.3. The third-order valence-corrected chi connectivity index (χ3v) is 14.5. The summed E-state index contributed by atoms with van der Waals surface area (Å²) < 4.78 is 11.4. The van der Waals surface area contributed by atoms with Crippen molar-refractivity contribution in [3.63, 3.8) is 0 Å². The topological polar surface area (TPSA) is 391 Å². The smallest absolute Gasteiger partial charge is 0.407 e. The fourth-order valence-electron chi connectivity index (χ4n) is 8.92. The molecule has 1 aromatic carbocycles. The van der Waals surface area contributed by atoms with E-state index in [0.29, 0.717) is 53.2 Å². The van der Waals surface area contributed by atoms with Gasteiger partial charge in [0.2, 0.25) is 53.2 Å². The van der Waals surface area contributed by atoms with Gasteiger partial charge in [0.15, 0.2) is 0 Å². The van der Waals surface area contributed by atoms with Gasteiger partial charge in [0.1, 0.15) is 47.6 Å². The number of fused-ring (bicyclic) bond motifs is 5. The van der Waals surface area contributed by atoms with E-state index in [1.54, 1.807) is 52.8 Å². The molecule has 14 N–H and O–H groups in total. The van der Waals surface area contributed by atoms with Crippen LogP contribution in [0, 0.1) is 11.8 Å². The average Bonchev–Trinajstić information content (AvgIpc) is 3.93. The number of ether oxygens (including phenoxy) is 2. The lowest BCUT2D eigenvalue weighted by atomic mass is 9.93. The molecule has 27 heteroatoms. The first-order valence-corrected chi connectivity index (χ1v) is 26.9. The summed E-state index contributed by atoms with van der Waals surface area (Å²) in [7, 11) is 0. The Hall–Kier alpha value is -6.71. The van der Waals surface area contributed by atoms with Crippen molar-refractivity contribution in [2.45, 2.75) is 152 Å². The molecule has 0 aliphatic carbocycles. The summed E-state index contributed by atoms with van der Waals surface area (Å²) >= 11 is 0.991. The van der Waals surface area contributed by atoms with Gasteiger partial charge in [-0.25, -0.2) is 4.79 Å². The molecule has 10 atom stereocenters. The van der Waals surface area contributed by atoms with Crippen molar-refractivity contribution in [1.82, 2.24) is 52.4 Å². The molecular formula is C50H75N11O15S. The van der Waals surface area contributed by atoms with Gasteiger partial charge >= 0.3 is 6.09 Å². The van der Waals surface area contributed by atoms with E-state index in [9.17, 15) is 63.3 Å². The number of nitrogens with zero attached hydrogens (tertiary/aromatic N) is 1. The number of alkyl carbamates (subject to hydrolysis) is 1. The fourth-order valence-corrected chi connectivity index (χ4v) is 10.0. The second-order valence-electron chi connectivity index (χ2n) is 20.6. The maximum absolute atomic E-state index is 14.7. The van der Waals surface area contributed by atoms with Crippen LogP contribution >= 0.6 is 11.8 Å². The first-order valence-electron chi connectivity index (χ1n) is 25.9. The van der Waals surface area contributed by atoms with Gasteiger partial charge in [0.05, 0.1) is 55.5 Å². The number of aromatic nitrogens is 1. The van der Waals surface area contributed by atoms with E-state index in [-0.39, 0.29) is 18.6 Å². The summed E-state index contributed by atoms with van der Waals surface area (Å²) in [4.78, 5) is 142. The number of unbranched alkanes of at least 4 members (excludes halogenated alkanes) is 3. The van der Waals surface area contributed by atoms with E-state index >= 15 is 0 Å². The summed E-state index contributed by atoms with van der Waals surface area (Å²) in [5.41, 5.74) is 5.82. The molecule has 2 bridgehead atoms. The first-order chi connectivity index (χ1) is 36.4. The van der Waals surface area contributed by atoms with Crippen molar-refractivity contribution in [3.8, 4) is 5.75 Å². The highest BCUT2D eigenvalue weighted by Crippen LogP contribution is 2.34. The Labute approximate surface area is 449 Å². The minimum Gasteiger partial charge on any atom is -0.494 e. The zero-order valence-electron chi connectivity index (χ0n) is 44.3. The summed E-state index contributed by atoms with van der Waals surface area (Å²) in [6.07, 6.45) is -1.53. The van der Waals surface area contributed by atoms with E-state index in [0.717, 1.165) is 35.9 Å². The highest BCUT2D eigenvalue weighted by atomic mass is 32.2. The van der Waals surface area contributed by atoms with E-state index in [1.807, 2.05) is 0 Å². The molecule has 10 amide bonds. The van der Waals surface area contributed by atoms with Crippen molar-refractivity contribution >= 4 is 81.9 Å². The third-order valence-electron chi connectivity index (χ3n) is 13.4. The second kappa shape index (κ2) is 28.1. The zero-order valence-corrected chi connectivity index (χ0v) is 45.1. The molecule has 1 fully saturated rings. The van der Waals surface area contributed by atoms with Crippen LogP contribution in [-0.4, -0.2) is 184 Å². The van der Waals surface area contributed by atoms with E-state index in [4.69, 9.17) is 15.2 Å². The number of benzene rings is 1. The van der Waals surface area contributed by atoms with Gasteiger partial charge in [0.25, 0.3) is 0 Å². The standard InChI is InChI=1S/C50H75N11O15S/c1-7-25(2)40-45(71)54-20-38(66)55-34-24-77-47-30(29-13-12-28(17-31(29)58-47)75-15-11-9-8-10-14-52-49(74)76-50(4,5)6)18-32(42(68)53-21-39(67)59-40)56-46(72)41(26(3)36(64)23-62)60-44(70)35-16-27(63)22-61(35)48(73)33(19-37(51)65)57-43(34)69/h12-13,17,25-27,32-36,40-41,58,62-64H,7-11,14-16,18-24H2,1-6H3,(H2,51,65)(H,52,74)(H,53,68)(H,54,71)(H,55,66)(H,56,72)(H,57,69)(H,59,67)(H,60,70)/t25-,26-,27+,32?,33-,34?,35-,36-,40-,41-/m0/s1. The van der Waals surface area contributed by atoms with Crippen molar-refractivity contribution in [3.05, 3.63) is 23.8 Å². The quantitative estimate of drug-likeness (QED) is 0.0844. The third kappa shape index (κ3) is 17.7. The van der Waals surface area contributed by atoms with Crippen LogP contribution in [0.4, 0.5) is 4.79 Å². The number of hydrogen-bond donors (Lipinski definition) is 13. The Morgan fingerprint density at radius 2 is 1.55 bits per heavy atom. The molecule has 3 aliphatic heterocycles. The molecule has 5 rings (SSSR count). The average molecular weight is 1100 g/mol. The molecule has 4 heterocycles. The number of aliphatic hydroxyl groups excluding tert-OH is 3. The Balaban J connectivity index is 1.59. The van der Waals surface area contributed by atoms with E-state index < -0.39 is 158 Å². The van der Waals surface area contributed by atoms with Gasteiger partial charge in [-0.15, -0.1) is 11.8 Å². The lowest BCUT2D eigenvalue weighted by Crippen LogP contribution is -2.62. The van der Waals surface area contributed by atoms with Crippen molar-refractivity contribution in [2.75, 3.05) is 45.1 Å². The predicted octanol–water partition coefficient (Wildman–Crippen LogP) is -2.18. The van der Waals surface area contributed by atoms with Crippen LogP contribution in [0.15, 0.2) is 23.2 Å². The fraction of sp³-hybridized carbons (Fsp3) is 0.640. The minimum absolute atomic E-state index is 0.305. The number of nitrogens with two attached hydrogens (primary N) is 1. The molecule has 2 aromatic rings. The largest absolute Gasteiger partial charge is 0.494 e. The van der Waals surface area contributed by atoms with Crippen molar-refractivity contribution in [1.29, 1.82) is 0 Å². The van der Waals surface area contributed by atoms with Crippen LogP contribution in [0.3, 0.4) is 0 Å². The van der Waals surface area contributed by atoms with Crippen LogP contribution in [-0.2, 0) is 54.3 Å². The normalized spacial score (nSPS) is 24.8. The summed E-state index contributed by atoms with van der Waals surface area (Å²) in [5, 5.41) is 53.1. The highest BCUT2D eigenvalue weighted by Gasteiger charge is 2.45. The number of H-pyrrole nitrogens is 1. The molecular weight excluding hydrogens is 1030 g/mol. The Bertz CT molecular complexity index is 2490. The monoisotopic (exact) mass is 1100 g/mol. The number of aliphatic hydroxyl groups is 3. The maximum Gasteiger partial charge on any atom is 0.407 e. The number of rotatable bonds is 15. The number of aromatic amines is 1. The molecule has 3 aliphatic rings. The van der Waals surface area contributed by atoms with Crippen LogP contribution in [0.5, 0.6) is 5.75 Å². The summed E-state index contributed by atoms with van der Waals surface area (Å²) in [6, 6.07) is -4.24. The van der Waals surface area contributed by atoms with Gasteiger partial charge in [-0.3, -0.25) is 43.2 Å². The second-order valence-corrected chi connectivity index (χ2v) is 21.6. The lowest BCUT2D eigenvalue weighted by Gasteiger charge is -2.32. The van der Waals surface area contributed by atoms with Crippen molar-refractivity contribution < 1.29 is 72.7 Å². The van der Waals surface area contributed by atoms with Crippen LogP contribution in [0.1, 0.15) is 92.1 Å². The molecule has 77 heavy (non-hydrogen) atoms. The Morgan fingerprint density at radius 3 is 2.22 bits per heavy atom. The van der Waals surface area contributed by atoms with Gasteiger partial charge < -0.3 is 82.9 Å². The van der Waals surface area contributed by atoms with Gasteiger partial charge in [-0.1, -0.05) is 40.0 Å². The summed E-state index contributed by atoms with van der Waals surface area (Å²) in [5.74, 6) is -10.1. The number of carbonyl (C=O) groups is 10. The van der Waals surface area contributed by atoms with E-state index in [1.165, 1.54) is 6.92 Å². The minimum atomic E-state index is -1.76. The molecule has 0 spiro atoms. The number of carbonyl (C=O) groups excluding carboxylic acids is 10. The van der Waals surface area contributed by atoms with Gasteiger partial charge in [-0.05, 0) is 57.2 Å². The highest BCUT2D eigenvalue weighted by molar-refractivity contribution is 7.99. The van der Waals surface area contributed by atoms with E-state index in [2.05, 4.69) is 47.5 Å². The number of hydrogen-bond acceptors (Lipinski definition) is 16. The predicted molar refractivity (Wildman–Crippen MR) is 278 cm³/mol. The maximum atomic E-state index is 14.7. The Morgan fingerprint density at radius 1 is 0.857 bits per heavy atom. The lowest BCUT2D eigenvalue weighted by molar-refractivity contribution is -0.144. The molecule has 0 radical (unpaired) electrons. The first kappa shape index (κ1) is 61.1. The number of amides is 10. The van der Waals surface area contributed by atoms with Crippen LogP contribution in [0.25, 0.3) is 10.9 Å². The van der Waals surface area contributed by atoms with Gasteiger partial charge in [0, 0.05) is 49.1 Å². The molecule has 2 unspecified atom stereocenters. The van der Waals surface area contributed by atoms with Gasteiger partial charge in [-0.2, -0.15) is 0 Å². The molecule has 426 valence electrons. The zero-order chi connectivity index (χ0) is 56.7. The number of thioether (sulfide) groups is 1. The number of nitrogens with one attached hydrogen (secondary N) is 9. The molecule has 0 saturated carbocycles. The molecule has 1 aromatic heterocycles. The summed E-state index contributed by atoms with van der Waals surface area (Å²) in [6.45, 7) is 8.21. The molecule has 1 saturated heterocycles. The molecule has 26 nitrogen and oxygen atoms in total. The SMILES string of the molecule is CC[C@H](C)[C@@H]1NC(=O)CNC(=O)C2Cc3c([nH]c4cc(OCCCCCCNC(=O)OC(C)(C)C)ccc34)SCC(NC(=O)CNC1=O)C(=O)N[C@@H](CC(N)=O)C(=O)N1C[C@H](O)C[C@H]1C(=O)N[C@@H]([C@@H](C)[C@@H](O)CO)C(=O)N2. The number of primary amides is 1. The van der Waals surface area contributed by atoms with Crippen molar-refractivity contribution in [2.24, 2.45) is 17.6 Å². The van der Waals surface area contributed by atoms with Crippen LogP contribution in [0.2, 0.25) is 0 Å².